The van der Waals surface area contributed by atoms with E-state index in [2.05, 4.69) is 15.3 Å². The van der Waals surface area contributed by atoms with Crippen molar-refractivity contribution in [1.82, 2.24) is 15.0 Å². The molecule has 0 spiro atoms. The van der Waals surface area contributed by atoms with E-state index in [0.717, 1.165) is 10.9 Å². The zero-order valence-corrected chi connectivity index (χ0v) is 15.6. The fourth-order valence-electron chi connectivity index (χ4n) is 3.13. The van der Waals surface area contributed by atoms with Crippen LogP contribution in [0.15, 0.2) is 60.9 Å². The van der Waals surface area contributed by atoms with E-state index in [1.807, 2.05) is 37.3 Å². The van der Waals surface area contributed by atoms with Crippen LogP contribution < -0.4 is 10.1 Å². The standard InChI is InChI=1S/C22H19FN4O/c1-3-28-19-12-15(16-8-4-5-9-18(16)23)11-17-20(19)26-21(27-22(17)24-2)14-7-6-10-25-13-14/h4-13H,3H2,1-2H3,(H,24,26,27). The van der Waals surface area contributed by atoms with E-state index >= 15 is 0 Å². The van der Waals surface area contributed by atoms with Crippen molar-refractivity contribution in [3.05, 3.63) is 66.7 Å². The molecule has 0 fully saturated rings. The fraction of sp³-hybridized carbons (Fsp3) is 0.136. The summed E-state index contributed by atoms with van der Waals surface area (Å²) in [5.74, 6) is 1.48. The monoisotopic (exact) mass is 374 g/mol. The molecule has 0 unspecified atom stereocenters. The van der Waals surface area contributed by atoms with Crippen molar-refractivity contribution < 1.29 is 9.13 Å². The maximum absolute atomic E-state index is 14.4. The van der Waals surface area contributed by atoms with Crippen molar-refractivity contribution in [3.63, 3.8) is 0 Å². The Kier molecular flexibility index (Phi) is 4.85. The summed E-state index contributed by atoms with van der Waals surface area (Å²) in [6.07, 6.45) is 3.42. The molecule has 5 nitrogen and oxygen atoms in total. The van der Waals surface area contributed by atoms with Crippen LogP contribution in [0.5, 0.6) is 5.75 Å². The summed E-state index contributed by atoms with van der Waals surface area (Å²) in [6, 6.07) is 14.1. The highest BCUT2D eigenvalue weighted by atomic mass is 19.1. The van der Waals surface area contributed by atoms with Gasteiger partial charge in [-0.25, -0.2) is 14.4 Å². The number of fused-ring (bicyclic) bond motifs is 1. The first-order chi connectivity index (χ1) is 13.7. The van der Waals surface area contributed by atoms with Crippen molar-refractivity contribution in [2.45, 2.75) is 6.92 Å². The number of pyridine rings is 1. The van der Waals surface area contributed by atoms with Gasteiger partial charge in [-0.05, 0) is 42.8 Å². The quantitative estimate of drug-likeness (QED) is 0.536. The van der Waals surface area contributed by atoms with Crippen LogP contribution in [0.3, 0.4) is 0 Å². The minimum absolute atomic E-state index is 0.289. The Morgan fingerprint density at radius 3 is 2.61 bits per heavy atom. The Morgan fingerprint density at radius 1 is 1.04 bits per heavy atom. The summed E-state index contributed by atoms with van der Waals surface area (Å²) >= 11 is 0. The predicted molar refractivity (Wildman–Crippen MR) is 109 cm³/mol. The predicted octanol–water partition coefficient (Wildman–Crippen LogP) is 4.94. The second-order valence-electron chi connectivity index (χ2n) is 6.17. The number of nitrogens with one attached hydrogen (secondary N) is 1. The van der Waals surface area contributed by atoms with E-state index in [-0.39, 0.29) is 5.82 Å². The van der Waals surface area contributed by atoms with Crippen LogP contribution in [0, 0.1) is 5.82 Å². The van der Waals surface area contributed by atoms with Crippen LogP contribution in [0.2, 0.25) is 0 Å². The van der Waals surface area contributed by atoms with Gasteiger partial charge < -0.3 is 10.1 Å². The molecule has 4 rings (SSSR count). The number of nitrogens with zero attached hydrogens (tertiary/aromatic N) is 3. The second-order valence-corrected chi connectivity index (χ2v) is 6.17. The smallest absolute Gasteiger partial charge is 0.163 e. The van der Waals surface area contributed by atoms with Gasteiger partial charge in [0.1, 0.15) is 22.9 Å². The summed E-state index contributed by atoms with van der Waals surface area (Å²) in [4.78, 5) is 13.5. The average Bonchev–Trinajstić information content (AvgIpc) is 2.74. The van der Waals surface area contributed by atoms with Gasteiger partial charge >= 0.3 is 0 Å². The van der Waals surface area contributed by atoms with E-state index < -0.39 is 0 Å². The third-order valence-electron chi connectivity index (χ3n) is 4.41. The van der Waals surface area contributed by atoms with Gasteiger partial charge in [0.05, 0.1) is 6.61 Å². The molecule has 0 amide bonds. The van der Waals surface area contributed by atoms with Crippen molar-refractivity contribution in [2.24, 2.45) is 0 Å². The van der Waals surface area contributed by atoms with Gasteiger partial charge in [0.25, 0.3) is 0 Å². The Labute approximate surface area is 162 Å². The van der Waals surface area contributed by atoms with E-state index in [4.69, 9.17) is 9.72 Å². The molecule has 140 valence electrons. The molecular weight excluding hydrogens is 355 g/mol. The molecule has 2 aromatic carbocycles. The molecule has 0 saturated heterocycles. The lowest BCUT2D eigenvalue weighted by molar-refractivity contribution is 0.344. The number of benzene rings is 2. The van der Waals surface area contributed by atoms with Gasteiger partial charge in [-0.15, -0.1) is 0 Å². The molecule has 4 aromatic rings. The number of aromatic nitrogens is 3. The van der Waals surface area contributed by atoms with Gasteiger partial charge in [-0.2, -0.15) is 0 Å². The van der Waals surface area contributed by atoms with Gasteiger partial charge in [0.15, 0.2) is 5.82 Å². The molecule has 0 aliphatic heterocycles. The largest absolute Gasteiger partial charge is 0.492 e. The van der Waals surface area contributed by atoms with Crippen molar-refractivity contribution in [1.29, 1.82) is 0 Å². The van der Waals surface area contributed by atoms with E-state index in [1.165, 1.54) is 6.07 Å². The minimum atomic E-state index is -0.289. The summed E-state index contributed by atoms with van der Waals surface area (Å²) in [5, 5.41) is 3.89. The fourth-order valence-corrected chi connectivity index (χ4v) is 3.13. The topological polar surface area (TPSA) is 59.9 Å². The number of rotatable bonds is 5. The van der Waals surface area contributed by atoms with Crippen LogP contribution in [0.1, 0.15) is 6.92 Å². The molecule has 0 atom stereocenters. The molecular formula is C22H19FN4O. The highest BCUT2D eigenvalue weighted by molar-refractivity contribution is 5.97. The first kappa shape index (κ1) is 17.9. The summed E-state index contributed by atoms with van der Waals surface area (Å²) in [5.41, 5.74) is 2.69. The van der Waals surface area contributed by atoms with Gasteiger partial charge in [-0.3, -0.25) is 4.98 Å². The second kappa shape index (κ2) is 7.60. The third kappa shape index (κ3) is 3.24. The molecule has 1 N–H and O–H groups in total. The van der Waals surface area contributed by atoms with E-state index in [0.29, 0.717) is 40.6 Å². The number of hydrogen-bond acceptors (Lipinski definition) is 5. The molecule has 6 heteroatoms. The normalized spacial score (nSPS) is 10.8. The molecule has 0 bridgehead atoms. The molecule has 0 aliphatic carbocycles. The SMILES string of the molecule is CCOc1cc(-c2ccccc2F)cc2c(NC)nc(-c3cccnc3)nc12. The Balaban J connectivity index is 2.00. The number of ether oxygens (including phenoxy) is 1. The average molecular weight is 374 g/mol. The lowest BCUT2D eigenvalue weighted by Gasteiger charge is -2.14. The molecule has 28 heavy (non-hydrogen) atoms. The van der Waals surface area contributed by atoms with Crippen molar-refractivity contribution >= 4 is 16.7 Å². The molecule has 0 saturated carbocycles. The minimum Gasteiger partial charge on any atom is -0.492 e. The summed E-state index contributed by atoms with van der Waals surface area (Å²) in [6.45, 7) is 2.38. The molecule has 0 radical (unpaired) electrons. The zero-order chi connectivity index (χ0) is 19.5. The van der Waals surface area contributed by atoms with Gasteiger partial charge in [-0.1, -0.05) is 18.2 Å². The van der Waals surface area contributed by atoms with Crippen LogP contribution in [0.25, 0.3) is 33.4 Å². The number of halogens is 1. The maximum Gasteiger partial charge on any atom is 0.163 e. The number of anilines is 1. The van der Waals surface area contributed by atoms with E-state index in [9.17, 15) is 4.39 Å². The summed E-state index contributed by atoms with van der Waals surface area (Å²) in [7, 11) is 1.80. The Morgan fingerprint density at radius 2 is 1.89 bits per heavy atom. The Bertz CT molecular complexity index is 1130. The molecule has 2 aromatic heterocycles. The first-order valence-corrected chi connectivity index (χ1v) is 9.03. The van der Waals surface area contributed by atoms with Crippen LogP contribution in [0.4, 0.5) is 10.2 Å². The molecule has 0 aliphatic rings. The van der Waals surface area contributed by atoms with Crippen LogP contribution in [-0.4, -0.2) is 28.6 Å². The lowest BCUT2D eigenvalue weighted by atomic mass is 10.0. The first-order valence-electron chi connectivity index (χ1n) is 9.03. The number of hydrogen-bond donors (Lipinski definition) is 1. The molecule has 2 heterocycles. The highest BCUT2D eigenvalue weighted by Crippen LogP contribution is 2.36. The third-order valence-corrected chi connectivity index (χ3v) is 4.41. The van der Waals surface area contributed by atoms with Crippen molar-refractivity contribution in [3.8, 4) is 28.3 Å². The Hall–Kier alpha value is -3.54. The van der Waals surface area contributed by atoms with Crippen LogP contribution in [-0.2, 0) is 0 Å². The van der Waals surface area contributed by atoms with Crippen LogP contribution >= 0.6 is 0 Å². The van der Waals surface area contributed by atoms with Gasteiger partial charge in [0, 0.05) is 36.0 Å². The lowest BCUT2D eigenvalue weighted by Crippen LogP contribution is -2.02. The maximum atomic E-state index is 14.4. The van der Waals surface area contributed by atoms with Gasteiger partial charge in [0.2, 0.25) is 0 Å². The highest BCUT2D eigenvalue weighted by Gasteiger charge is 2.16. The zero-order valence-electron chi connectivity index (χ0n) is 15.6. The summed E-state index contributed by atoms with van der Waals surface area (Å²) < 4.78 is 20.2. The van der Waals surface area contributed by atoms with Crippen molar-refractivity contribution in [2.75, 3.05) is 19.0 Å². The van der Waals surface area contributed by atoms with E-state index in [1.54, 1.807) is 31.6 Å².